The van der Waals surface area contributed by atoms with Crippen LogP contribution in [0.5, 0.6) is 0 Å². The van der Waals surface area contributed by atoms with E-state index in [2.05, 4.69) is 62.3 Å². The van der Waals surface area contributed by atoms with E-state index in [0.29, 0.717) is 6.04 Å². The first-order valence-corrected chi connectivity index (χ1v) is 7.61. The van der Waals surface area contributed by atoms with Crippen molar-refractivity contribution in [2.45, 2.75) is 52.0 Å². The van der Waals surface area contributed by atoms with Crippen molar-refractivity contribution in [2.24, 2.45) is 0 Å². The number of rotatable bonds is 6. The normalized spacial score (nSPS) is 13.6. The van der Waals surface area contributed by atoms with E-state index < -0.39 is 0 Å². The highest BCUT2D eigenvalue weighted by molar-refractivity contribution is 5.79. The second-order valence-electron chi connectivity index (χ2n) is 6.35. The van der Waals surface area contributed by atoms with E-state index in [1.54, 1.807) is 0 Å². The fourth-order valence-corrected chi connectivity index (χ4v) is 2.84. The number of nitrogens with one attached hydrogen (secondary N) is 1. The molecule has 2 nitrogen and oxygen atoms in total. The molecule has 0 aliphatic heterocycles. The molecule has 2 heteroatoms. The van der Waals surface area contributed by atoms with Crippen molar-refractivity contribution in [3.05, 3.63) is 42.1 Å². The Morgan fingerprint density at radius 1 is 1.25 bits per heavy atom. The zero-order valence-corrected chi connectivity index (χ0v) is 13.1. The molecule has 1 N–H and O–H groups in total. The Balaban J connectivity index is 2.17. The summed E-state index contributed by atoms with van der Waals surface area (Å²) in [5, 5.41) is 4.81. The average molecular weight is 270 g/mol. The molecule has 0 aliphatic rings. The van der Waals surface area contributed by atoms with Gasteiger partial charge in [0.2, 0.25) is 0 Å². The van der Waals surface area contributed by atoms with Crippen molar-refractivity contribution in [1.82, 2.24) is 10.3 Å². The number of hydrogen-bond donors (Lipinski definition) is 1. The van der Waals surface area contributed by atoms with Gasteiger partial charge in [0, 0.05) is 17.6 Å². The predicted octanol–water partition coefficient (Wildman–Crippen LogP) is 4.29. The van der Waals surface area contributed by atoms with Gasteiger partial charge in [0.15, 0.2) is 0 Å². The summed E-state index contributed by atoms with van der Waals surface area (Å²) in [5.41, 5.74) is 2.64. The van der Waals surface area contributed by atoms with Crippen molar-refractivity contribution >= 4 is 10.9 Å². The van der Waals surface area contributed by atoms with E-state index in [4.69, 9.17) is 0 Å². The van der Waals surface area contributed by atoms with Crippen LogP contribution in [-0.2, 0) is 5.41 Å². The molecular weight excluding hydrogens is 244 g/mol. The lowest BCUT2D eigenvalue weighted by Gasteiger charge is -2.29. The van der Waals surface area contributed by atoms with E-state index in [1.807, 2.05) is 12.3 Å². The molecule has 1 unspecified atom stereocenters. The summed E-state index contributed by atoms with van der Waals surface area (Å²) in [6, 6.07) is 11.3. The lowest BCUT2D eigenvalue weighted by atomic mass is 9.79. The van der Waals surface area contributed by atoms with Crippen molar-refractivity contribution in [3.8, 4) is 0 Å². The van der Waals surface area contributed by atoms with Crippen LogP contribution in [0.25, 0.3) is 10.9 Å². The van der Waals surface area contributed by atoms with Gasteiger partial charge in [0.05, 0.1) is 5.52 Å². The van der Waals surface area contributed by atoms with Gasteiger partial charge < -0.3 is 5.32 Å². The number of fused-ring (bicyclic) bond motifs is 1. The Kier molecular flexibility index (Phi) is 4.77. The van der Waals surface area contributed by atoms with Gasteiger partial charge in [0.25, 0.3) is 0 Å². The second kappa shape index (κ2) is 6.36. The highest BCUT2D eigenvalue weighted by atomic mass is 14.9. The van der Waals surface area contributed by atoms with Crippen LogP contribution in [0.2, 0.25) is 0 Å². The van der Waals surface area contributed by atoms with E-state index in [9.17, 15) is 0 Å². The fourth-order valence-electron chi connectivity index (χ4n) is 2.84. The fraction of sp³-hybridized carbons (Fsp3) is 0.500. The standard InChI is InChI=1S/C18H26N2/c1-5-10-19-14(2)13-18(3,4)16-8-9-17-15(12-16)7-6-11-20-17/h6-9,11-12,14,19H,5,10,13H2,1-4H3. The van der Waals surface area contributed by atoms with E-state index in [0.717, 1.165) is 18.5 Å². The summed E-state index contributed by atoms with van der Waals surface area (Å²) in [7, 11) is 0. The molecule has 2 rings (SSSR count). The maximum atomic E-state index is 4.39. The summed E-state index contributed by atoms with van der Waals surface area (Å²) in [5.74, 6) is 0. The molecule has 1 heterocycles. The molecule has 0 radical (unpaired) electrons. The lowest BCUT2D eigenvalue weighted by molar-refractivity contribution is 0.390. The zero-order valence-electron chi connectivity index (χ0n) is 13.1. The first kappa shape index (κ1) is 15.0. The third-order valence-corrected chi connectivity index (χ3v) is 3.94. The Hall–Kier alpha value is -1.41. The van der Waals surface area contributed by atoms with Crippen LogP contribution in [-0.4, -0.2) is 17.6 Å². The Morgan fingerprint density at radius 3 is 2.80 bits per heavy atom. The summed E-state index contributed by atoms with van der Waals surface area (Å²) in [6.45, 7) is 10.2. The molecule has 0 saturated heterocycles. The van der Waals surface area contributed by atoms with Gasteiger partial charge in [0.1, 0.15) is 0 Å². The summed E-state index contributed by atoms with van der Waals surface area (Å²) in [6.07, 6.45) is 4.18. The predicted molar refractivity (Wildman–Crippen MR) is 87.1 cm³/mol. The largest absolute Gasteiger partial charge is 0.314 e. The average Bonchev–Trinajstić information content (AvgIpc) is 2.44. The molecular formula is C18H26N2. The van der Waals surface area contributed by atoms with Gasteiger partial charge >= 0.3 is 0 Å². The lowest BCUT2D eigenvalue weighted by Crippen LogP contribution is -2.33. The van der Waals surface area contributed by atoms with Crippen LogP contribution in [0, 0.1) is 0 Å². The molecule has 108 valence electrons. The first-order valence-electron chi connectivity index (χ1n) is 7.61. The van der Waals surface area contributed by atoms with Crippen LogP contribution in [0.1, 0.15) is 46.1 Å². The molecule has 20 heavy (non-hydrogen) atoms. The molecule has 2 aromatic rings. The van der Waals surface area contributed by atoms with Crippen LogP contribution in [0.15, 0.2) is 36.5 Å². The summed E-state index contributed by atoms with van der Waals surface area (Å²) in [4.78, 5) is 4.39. The van der Waals surface area contributed by atoms with Crippen LogP contribution in [0.4, 0.5) is 0 Å². The quantitative estimate of drug-likeness (QED) is 0.847. The molecule has 0 amide bonds. The van der Waals surface area contributed by atoms with Crippen LogP contribution >= 0.6 is 0 Å². The maximum Gasteiger partial charge on any atom is 0.0702 e. The van der Waals surface area contributed by atoms with Crippen molar-refractivity contribution < 1.29 is 0 Å². The first-order chi connectivity index (χ1) is 9.53. The third kappa shape index (κ3) is 3.57. The Bertz CT molecular complexity index is 560. The van der Waals surface area contributed by atoms with Crippen molar-refractivity contribution in [3.63, 3.8) is 0 Å². The minimum Gasteiger partial charge on any atom is -0.314 e. The Morgan fingerprint density at radius 2 is 2.05 bits per heavy atom. The monoisotopic (exact) mass is 270 g/mol. The van der Waals surface area contributed by atoms with E-state index >= 15 is 0 Å². The zero-order chi connectivity index (χ0) is 14.6. The topological polar surface area (TPSA) is 24.9 Å². The van der Waals surface area contributed by atoms with Gasteiger partial charge in [-0.05, 0) is 55.5 Å². The summed E-state index contributed by atoms with van der Waals surface area (Å²) < 4.78 is 0. The maximum absolute atomic E-state index is 4.39. The Labute approximate surface area is 122 Å². The minimum atomic E-state index is 0.171. The number of hydrogen-bond acceptors (Lipinski definition) is 2. The number of pyridine rings is 1. The van der Waals surface area contributed by atoms with Crippen LogP contribution in [0.3, 0.4) is 0 Å². The van der Waals surface area contributed by atoms with Gasteiger partial charge in [-0.2, -0.15) is 0 Å². The molecule has 1 aromatic carbocycles. The smallest absolute Gasteiger partial charge is 0.0702 e. The highest BCUT2D eigenvalue weighted by Crippen LogP contribution is 2.30. The molecule has 1 aromatic heterocycles. The third-order valence-electron chi connectivity index (χ3n) is 3.94. The van der Waals surface area contributed by atoms with Crippen molar-refractivity contribution in [2.75, 3.05) is 6.54 Å². The second-order valence-corrected chi connectivity index (χ2v) is 6.35. The molecule has 0 fully saturated rings. The van der Waals surface area contributed by atoms with Crippen molar-refractivity contribution in [1.29, 1.82) is 0 Å². The highest BCUT2D eigenvalue weighted by Gasteiger charge is 2.23. The SMILES string of the molecule is CCCNC(C)CC(C)(C)c1ccc2ncccc2c1. The van der Waals surface area contributed by atoms with Gasteiger partial charge in [-0.15, -0.1) is 0 Å². The van der Waals surface area contributed by atoms with Gasteiger partial charge in [-0.3, -0.25) is 4.98 Å². The number of aromatic nitrogens is 1. The number of nitrogens with zero attached hydrogens (tertiary/aromatic N) is 1. The van der Waals surface area contributed by atoms with Gasteiger partial charge in [-0.1, -0.05) is 32.9 Å². The molecule has 0 aliphatic carbocycles. The molecule has 0 spiro atoms. The van der Waals surface area contributed by atoms with Crippen LogP contribution < -0.4 is 5.32 Å². The molecule has 0 bridgehead atoms. The van der Waals surface area contributed by atoms with E-state index in [1.165, 1.54) is 17.4 Å². The number of benzene rings is 1. The minimum absolute atomic E-state index is 0.171. The van der Waals surface area contributed by atoms with Gasteiger partial charge in [-0.25, -0.2) is 0 Å². The summed E-state index contributed by atoms with van der Waals surface area (Å²) >= 11 is 0. The molecule has 1 atom stereocenters. The molecule has 0 saturated carbocycles. The van der Waals surface area contributed by atoms with E-state index in [-0.39, 0.29) is 5.41 Å².